The zero-order valence-corrected chi connectivity index (χ0v) is 66.9. The van der Waals surface area contributed by atoms with E-state index in [0.29, 0.717) is 143 Å². The Morgan fingerprint density at radius 2 is 1.18 bits per heavy atom. The summed E-state index contributed by atoms with van der Waals surface area (Å²) in [6, 6.07) is 59.0. The number of pyridine rings is 6. The van der Waals surface area contributed by atoms with E-state index in [0.717, 1.165) is 99.4 Å². The van der Waals surface area contributed by atoms with Gasteiger partial charge in [-0.15, -0.1) is 0 Å². The normalized spacial score (nSPS) is 14.7. The van der Waals surface area contributed by atoms with Gasteiger partial charge in [0.2, 0.25) is 5.91 Å². The fraction of sp³-hybridized carbons (Fsp3) is 0.330. The number of hydrogen-bond donors (Lipinski definition) is 2. The molecule has 2 N–H and O–H groups in total. The first kappa shape index (κ1) is 82.0. The standard InChI is InChI=1S/C94H97ClN10O12/c1-3-79-80-54-77(36-37-84(80)101-87-81(79)63-105-85(87)55-83-82(89(105)108)64-116-92(111)94(83,112)4-2)117-90(109)70-30-28-68(29-31-70)86(106)23-18-46-113-49-50-114-48-44-100-88(107)69-26-24-65(25-27-69)58-104(91(110)93(38-10-5-11-39-93)71-32-34-72(95)35-33-71)45-16-17-47-115-78-52-66(56-102(59-73-19-6-12-40-96-73)60-74-20-7-13-41-97-74)51-67(53-78)57-103(61-75-21-8-14-42-98-75)62-76-22-9-15-43-99-76/h6-9,12-15,19-22,24-37,40-43,51-55,112H,3-5,10-11,16-18,23,38-39,44-50,56-64H2,1-2H3,(H,100,107)/t94-/m0/s1. The van der Waals surface area contributed by atoms with Crippen LogP contribution in [0.2, 0.25) is 5.02 Å². The molecule has 0 saturated heterocycles. The molecule has 0 unspecified atom stereocenters. The first-order valence-corrected chi connectivity index (χ1v) is 40.8. The molecule has 14 rings (SSSR count). The average molecular weight is 1590 g/mol. The molecular weight excluding hydrogens is 1500 g/mol. The second-order valence-corrected chi connectivity index (χ2v) is 30.7. The highest BCUT2D eigenvalue weighted by atomic mass is 35.5. The van der Waals surface area contributed by atoms with Crippen molar-refractivity contribution in [3.8, 4) is 22.9 Å². The SMILES string of the molecule is CCc1c2c(nc3ccc(OC(=O)c4ccc(C(=O)CCCOCCOCCNC(=O)c5ccc(CN(CCCCOc6cc(CN(Cc7ccccn7)Cc7ccccn7)cc(CN(Cc7ccccn7)Cc7ccccn7)c6)C(=O)C6(c7ccc(Cl)cc7)CCCCC6)cc5)cc4)cc13)-c1cc3c(c(=O)n1C2)COC(=O)[C@]3(O)CC. The van der Waals surface area contributed by atoms with Crippen molar-refractivity contribution in [1.29, 1.82) is 0 Å². The molecule has 0 spiro atoms. The summed E-state index contributed by atoms with van der Waals surface area (Å²) in [4.78, 5) is 113. The minimum Gasteiger partial charge on any atom is -0.494 e. The molecular formula is C94H97ClN10O12. The van der Waals surface area contributed by atoms with Crippen LogP contribution in [0.4, 0.5) is 0 Å². The second kappa shape index (κ2) is 39.0. The number of carbonyl (C=O) groups excluding carboxylic acids is 5. The van der Waals surface area contributed by atoms with E-state index in [-0.39, 0.29) is 79.0 Å². The lowest BCUT2D eigenvalue weighted by molar-refractivity contribution is -0.172. The van der Waals surface area contributed by atoms with Crippen molar-refractivity contribution in [2.75, 3.05) is 46.1 Å². The summed E-state index contributed by atoms with van der Waals surface area (Å²) in [7, 11) is 0. The van der Waals surface area contributed by atoms with Crippen LogP contribution in [0.15, 0.2) is 218 Å². The lowest BCUT2D eigenvalue weighted by Crippen LogP contribution is -2.48. The van der Waals surface area contributed by atoms with Crippen LogP contribution in [0.5, 0.6) is 11.5 Å². The Kier molecular flexibility index (Phi) is 27.3. The molecule has 2 amide bonds. The van der Waals surface area contributed by atoms with Crippen molar-refractivity contribution >= 4 is 52.0 Å². The number of benzene rings is 5. The highest BCUT2D eigenvalue weighted by molar-refractivity contribution is 6.30. The average Bonchev–Trinajstić information content (AvgIpc) is 1.63. The number of amides is 2. The number of unbranched alkanes of at least 4 members (excludes halogenated alkanes) is 1. The molecule has 11 aromatic rings. The number of Topliss-reactive ketones (excluding diaryl/α,β-unsaturated/α-hetero) is 1. The number of rotatable bonds is 38. The highest BCUT2D eigenvalue weighted by Crippen LogP contribution is 2.44. The predicted molar refractivity (Wildman–Crippen MR) is 445 cm³/mol. The van der Waals surface area contributed by atoms with E-state index in [1.165, 1.54) is 0 Å². The van der Waals surface area contributed by atoms with E-state index in [1.54, 1.807) is 72.2 Å². The summed E-state index contributed by atoms with van der Waals surface area (Å²) in [5, 5.41) is 15.7. The number of nitrogens with zero attached hydrogens (tertiary/aromatic N) is 9. The van der Waals surface area contributed by atoms with Gasteiger partial charge in [-0.05, 0) is 194 Å². The van der Waals surface area contributed by atoms with Gasteiger partial charge in [0.15, 0.2) is 11.4 Å². The summed E-state index contributed by atoms with van der Waals surface area (Å²) < 4.78 is 31.0. The molecule has 22 nitrogen and oxygen atoms in total. The van der Waals surface area contributed by atoms with E-state index >= 15 is 4.79 Å². The molecule has 8 heterocycles. The van der Waals surface area contributed by atoms with Gasteiger partial charge >= 0.3 is 11.9 Å². The number of fused-ring (bicyclic) bond motifs is 5. The van der Waals surface area contributed by atoms with Crippen molar-refractivity contribution in [3.05, 3.63) is 312 Å². The summed E-state index contributed by atoms with van der Waals surface area (Å²) in [5.41, 5.74) is 10.1. The third-order valence-electron chi connectivity index (χ3n) is 22.1. The topological polar surface area (TPSA) is 260 Å². The van der Waals surface area contributed by atoms with Crippen molar-refractivity contribution in [2.45, 2.75) is 154 Å². The maximum Gasteiger partial charge on any atom is 0.343 e. The Hall–Kier alpha value is -11.5. The molecule has 1 aliphatic carbocycles. The van der Waals surface area contributed by atoms with Crippen molar-refractivity contribution in [3.63, 3.8) is 0 Å². The Bertz CT molecular complexity index is 5140. The van der Waals surface area contributed by atoms with Crippen LogP contribution in [-0.2, 0) is 100 Å². The number of halogens is 1. The van der Waals surface area contributed by atoms with Gasteiger partial charge in [-0.1, -0.05) is 111 Å². The number of aliphatic hydroxyl groups is 1. The largest absolute Gasteiger partial charge is 0.494 e. The van der Waals surface area contributed by atoms with Crippen LogP contribution in [0.3, 0.4) is 0 Å². The quantitative estimate of drug-likeness (QED) is 0.0158. The number of nitrogens with one attached hydrogen (secondary N) is 1. The van der Waals surface area contributed by atoms with Gasteiger partial charge in [0.1, 0.15) is 18.1 Å². The van der Waals surface area contributed by atoms with Crippen molar-refractivity contribution in [1.82, 2.24) is 49.5 Å². The molecule has 6 aromatic heterocycles. The number of ether oxygens (including phenoxy) is 5. The zero-order chi connectivity index (χ0) is 81.1. The lowest BCUT2D eigenvalue weighted by Gasteiger charge is -2.40. The monoisotopic (exact) mass is 1590 g/mol. The Morgan fingerprint density at radius 3 is 1.77 bits per heavy atom. The summed E-state index contributed by atoms with van der Waals surface area (Å²) in [5.74, 6) is -0.592. The fourth-order valence-corrected chi connectivity index (χ4v) is 16.2. The van der Waals surface area contributed by atoms with Gasteiger partial charge in [0, 0.05) is 129 Å². The molecule has 1 fully saturated rings. The molecule has 1 saturated carbocycles. The van der Waals surface area contributed by atoms with Crippen molar-refractivity contribution < 1.29 is 52.8 Å². The summed E-state index contributed by atoms with van der Waals surface area (Å²) in [6.45, 7) is 10.1. The Balaban J connectivity index is 0.546. The molecule has 2 aliphatic heterocycles. The zero-order valence-electron chi connectivity index (χ0n) is 66.1. The first-order valence-electron chi connectivity index (χ1n) is 40.5. The maximum atomic E-state index is 15.5. The van der Waals surface area contributed by atoms with Crippen LogP contribution in [-0.4, -0.2) is 125 Å². The summed E-state index contributed by atoms with van der Waals surface area (Å²) >= 11 is 6.46. The van der Waals surface area contributed by atoms with E-state index in [9.17, 15) is 29.1 Å². The molecule has 3 aliphatic rings. The Morgan fingerprint density at radius 1 is 0.581 bits per heavy atom. The number of cyclic esters (lactones) is 1. The molecule has 23 heteroatoms. The molecule has 0 radical (unpaired) electrons. The number of aryl methyl sites for hydroxylation is 1. The number of esters is 2. The molecule has 602 valence electrons. The van der Waals surface area contributed by atoms with E-state index in [4.69, 9.17) is 60.2 Å². The van der Waals surface area contributed by atoms with Crippen LogP contribution < -0.4 is 20.3 Å². The van der Waals surface area contributed by atoms with Gasteiger partial charge in [0.25, 0.3) is 11.5 Å². The van der Waals surface area contributed by atoms with E-state index in [1.807, 2.05) is 122 Å². The van der Waals surface area contributed by atoms with Crippen LogP contribution in [0, 0.1) is 0 Å². The van der Waals surface area contributed by atoms with E-state index < -0.39 is 23.0 Å². The third-order valence-corrected chi connectivity index (χ3v) is 22.4. The third kappa shape index (κ3) is 20.3. The fourth-order valence-electron chi connectivity index (χ4n) is 16.1. The number of ketones is 1. The van der Waals surface area contributed by atoms with Crippen molar-refractivity contribution in [2.24, 2.45) is 0 Å². The smallest absolute Gasteiger partial charge is 0.343 e. The Labute approximate surface area is 686 Å². The van der Waals surface area contributed by atoms with Crippen LogP contribution >= 0.6 is 11.6 Å². The highest BCUT2D eigenvalue weighted by Gasteiger charge is 2.46. The molecule has 0 bridgehead atoms. The molecule has 1 atom stereocenters. The van der Waals surface area contributed by atoms with Gasteiger partial charge in [-0.3, -0.25) is 48.9 Å². The maximum absolute atomic E-state index is 15.5. The van der Waals surface area contributed by atoms with Gasteiger partial charge in [-0.2, -0.15) is 0 Å². The van der Waals surface area contributed by atoms with E-state index in [2.05, 4.69) is 57.6 Å². The van der Waals surface area contributed by atoms with Gasteiger partial charge in [-0.25, -0.2) is 14.6 Å². The predicted octanol–water partition coefficient (Wildman–Crippen LogP) is 15.0. The number of aromatic nitrogens is 6. The molecule has 117 heavy (non-hydrogen) atoms. The minimum atomic E-state index is -1.94. The van der Waals surface area contributed by atoms with Gasteiger partial charge < -0.3 is 43.6 Å². The first-order chi connectivity index (χ1) is 57.1. The summed E-state index contributed by atoms with van der Waals surface area (Å²) in [6.07, 6.45) is 14.4. The van der Waals surface area contributed by atoms with Gasteiger partial charge in [0.05, 0.1) is 89.2 Å². The number of carbonyl (C=O) groups is 5. The number of hydrogen-bond acceptors (Lipinski definition) is 19. The lowest BCUT2D eigenvalue weighted by atomic mass is 9.68. The minimum absolute atomic E-state index is 0.0394. The second-order valence-electron chi connectivity index (χ2n) is 30.2. The molecule has 5 aromatic carbocycles. The van der Waals surface area contributed by atoms with Crippen LogP contribution in [0.25, 0.3) is 22.3 Å². The van der Waals surface area contributed by atoms with Crippen LogP contribution in [0.1, 0.15) is 176 Å².